The van der Waals surface area contributed by atoms with Gasteiger partial charge in [0.1, 0.15) is 0 Å². The molecular weight excluding hydrogens is 1260 g/mol. The van der Waals surface area contributed by atoms with Gasteiger partial charge < -0.3 is 35.6 Å². The van der Waals surface area contributed by atoms with E-state index in [4.69, 9.17) is 0 Å². The number of sulfonamides is 1. The van der Waals surface area contributed by atoms with Gasteiger partial charge in [-0.05, 0) is 253 Å². The maximum absolute atomic E-state index is 11.4. The van der Waals surface area contributed by atoms with Crippen molar-refractivity contribution in [2.45, 2.75) is 322 Å². The van der Waals surface area contributed by atoms with Crippen LogP contribution in [0.15, 0.2) is 12.5 Å². The number of aromatic nitrogens is 2. The first-order chi connectivity index (χ1) is 45.4. The van der Waals surface area contributed by atoms with Crippen LogP contribution in [0, 0.1) is 24.2 Å². The molecule has 0 aliphatic carbocycles. The van der Waals surface area contributed by atoms with Gasteiger partial charge in [0, 0.05) is 169 Å². The molecular formula is C78H158N14O6S. The highest BCUT2D eigenvalue weighted by molar-refractivity contribution is 7.89. The quantitative estimate of drug-likeness (QED) is 0.125. The van der Waals surface area contributed by atoms with E-state index in [1.165, 1.54) is 58.4 Å². The van der Waals surface area contributed by atoms with Crippen LogP contribution in [0.3, 0.4) is 0 Å². The van der Waals surface area contributed by atoms with Crippen molar-refractivity contribution in [2.75, 3.05) is 124 Å². The Morgan fingerprint density at radius 3 is 1.01 bits per heavy atom. The fraction of sp³-hybridized carbons (Fsp3) is 0.910. The number of rotatable bonds is 13. The third-order valence-electron chi connectivity index (χ3n) is 19.9. The standard InChI is InChI=1S/C13H26N2O.3C12H24N2O.C11H24N2O2S.C10H22N2.C8H14N2/c1-5-12(16)14-10-11-6-8-15(9-7-11)13(2,3)4;1-10(15)13-9-11-5-7-14(8-6-11)12(2,3)4;2*1-5-11(15)13-10-6-8-14(9-7-10)12(2,3)4;1-5-16(14,15)12-10-6-8-13(9-7-10)11(2,3)4;1-10(2,3)9-12-7-5-11(4)6-8-12;1-7-5-10(6-9-7)8(2,3)4/h11H,5-10H2,1-4H3,(H,14,16);11H,5-9H2,1-4H3,(H,13,15);2*10H,5-9H2,1-4H3,(H,13,15);10,12H,5-9H2,1-4H3;5-9H2,1-4H3;5-6H,1-4H3. The highest BCUT2D eigenvalue weighted by Crippen LogP contribution is 2.27. The summed E-state index contributed by atoms with van der Waals surface area (Å²) in [5.74, 6) is 2.16. The number of piperazine rings is 1. The summed E-state index contributed by atoms with van der Waals surface area (Å²) in [5.41, 5.74) is 3.00. The predicted molar refractivity (Wildman–Crippen MR) is 418 cm³/mol. The molecule has 1 aromatic heterocycles. The number of aryl methyl sites for hydroxylation is 1. The Labute approximate surface area is 609 Å². The van der Waals surface area contributed by atoms with E-state index < -0.39 is 10.0 Å². The zero-order valence-electron chi connectivity index (χ0n) is 69.3. The number of carbonyl (C=O) groups excluding carboxylic acids is 4. The van der Waals surface area contributed by atoms with Crippen LogP contribution < -0.4 is 26.0 Å². The summed E-state index contributed by atoms with van der Waals surface area (Å²) in [6.45, 7) is 77.0. The number of hydrogen-bond donors (Lipinski definition) is 5. The van der Waals surface area contributed by atoms with E-state index >= 15 is 0 Å². The zero-order valence-corrected chi connectivity index (χ0v) is 70.2. The molecule has 6 aliphatic heterocycles. The highest BCUT2D eigenvalue weighted by Gasteiger charge is 2.32. The average molecular weight is 1420 g/mol. The van der Waals surface area contributed by atoms with E-state index in [9.17, 15) is 27.6 Å². The van der Waals surface area contributed by atoms with E-state index in [2.05, 4.69) is 228 Å². The summed E-state index contributed by atoms with van der Waals surface area (Å²) in [5, 5.41) is 12.1. The van der Waals surface area contributed by atoms with Crippen molar-refractivity contribution in [3.05, 3.63) is 18.2 Å². The van der Waals surface area contributed by atoms with E-state index in [1.807, 2.05) is 34.0 Å². The number of nitrogens with zero attached hydrogens (tertiary/aromatic N) is 9. The van der Waals surface area contributed by atoms with Crippen LogP contribution in [-0.2, 0) is 34.7 Å². The monoisotopic (exact) mass is 1420 g/mol. The summed E-state index contributed by atoms with van der Waals surface area (Å²) in [6.07, 6.45) is 16.7. The molecule has 0 bridgehead atoms. The van der Waals surface area contributed by atoms with Gasteiger partial charge in [0.25, 0.3) is 0 Å². The van der Waals surface area contributed by atoms with Crippen LogP contribution >= 0.6 is 0 Å². The highest BCUT2D eigenvalue weighted by atomic mass is 32.2. The van der Waals surface area contributed by atoms with Gasteiger partial charge in [-0.1, -0.05) is 41.5 Å². The summed E-state index contributed by atoms with van der Waals surface area (Å²) >= 11 is 0. The van der Waals surface area contributed by atoms with Crippen LogP contribution in [0.25, 0.3) is 0 Å². The number of likely N-dealkylation sites (tertiary alicyclic amines) is 5. The van der Waals surface area contributed by atoms with Crippen LogP contribution in [0.2, 0.25) is 0 Å². The number of hydrogen-bond acceptors (Lipinski definition) is 14. The third-order valence-corrected chi connectivity index (χ3v) is 21.3. The van der Waals surface area contributed by atoms with Crippen molar-refractivity contribution in [1.82, 2.24) is 69.8 Å². The minimum atomic E-state index is -3.04. The van der Waals surface area contributed by atoms with E-state index in [0.717, 1.165) is 123 Å². The SMILES string of the molecule is CC(=O)NCC1CCN(C(C)(C)C)CC1.CCC(=O)NC1CCN(C(C)(C)C)CC1.CCC(=O)NC1CCN(C(C)(C)C)CC1.CCC(=O)NCC1CCN(C(C)(C)C)CC1.CCS(=O)(=O)NC1CCN(C(C)(C)C)CC1.CN1CCN(CC(C)(C)C)CC1.Cc1cn(C(C)(C)C)cn1. The first kappa shape index (κ1) is 93.7. The molecule has 99 heavy (non-hydrogen) atoms. The molecule has 7 heterocycles. The molecule has 0 unspecified atom stereocenters. The molecule has 0 aromatic carbocycles. The Morgan fingerprint density at radius 2 is 0.758 bits per heavy atom. The fourth-order valence-corrected chi connectivity index (χ4v) is 13.7. The van der Waals surface area contributed by atoms with Crippen molar-refractivity contribution in [2.24, 2.45) is 17.3 Å². The molecule has 0 saturated carbocycles. The molecule has 6 saturated heterocycles. The Hall–Kier alpha value is -3.28. The van der Waals surface area contributed by atoms with Crippen molar-refractivity contribution in [3.63, 3.8) is 0 Å². The van der Waals surface area contributed by atoms with Crippen LogP contribution in [0.1, 0.15) is 269 Å². The maximum atomic E-state index is 11.4. The minimum Gasteiger partial charge on any atom is -0.356 e. The summed E-state index contributed by atoms with van der Waals surface area (Å²) in [6, 6.07) is 0.927. The molecule has 0 atom stereocenters. The number of likely N-dealkylation sites (N-methyl/N-ethyl adjacent to an activating group) is 1. The lowest BCUT2D eigenvalue weighted by Crippen LogP contribution is -2.50. The Balaban J connectivity index is 0.000000580. The lowest BCUT2D eigenvalue weighted by Gasteiger charge is -2.41. The van der Waals surface area contributed by atoms with Gasteiger partial charge >= 0.3 is 0 Å². The lowest BCUT2D eigenvalue weighted by atomic mass is 9.93. The molecule has 20 nitrogen and oxygen atoms in total. The van der Waals surface area contributed by atoms with Gasteiger partial charge in [-0.3, -0.25) is 43.7 Å². The zero-order chi connectivity index (χ0) is 76.0. The summed E-state index contributed by atoms with van der Waals surface area (Å²) in [4.78, 5) is 66.0. The second-order valence-electron chi connectivity index (χ2n) is 36.2. The molecule has 4 amide bonds. The molecule has 6 fully saturated rings. The van der Waals surface area contributed by atoms with Gasteiger partial charge in [-0.25, -0.2) is 18.1 Å². The molecule has 0 radical (unpaired) electrons. The second kappa shape index (κ2) is 43.9. The number of carbonyl (C=O) groups is 4. The number of piperidine rings is 5. The third kappa shape index (κ3) is 42.3. The number of amides is 4. The molecule has 1 aromatic rings. The first-order valence-electron chi connectivity index (χ1n) is 38.7. The minimum absolute atomic E-state index is 0.0910. The molecule has 6 aliphatic rings. The van der Waals surface area contributed by atoms with Gasteiger partial charge in [0.05, 0.1) is 17.8 Å². The van der Waals surface area contributed by atoms with Gasteiger partial charge in [0.15, 0.2) is 0 Å². The average Bonchev–Trinajstić information content (AvgIpc) is 1.47. The van der Waals surface area contributed by atoms with Crippen molar-refractivity contribution in [1.29, 1.82) is 0 Å². The Kier molecular flexibility index (Phi) is 41.5. The van der Waals surface area contributed by atoms with E-state index in [0.29, 0.717) is 54.1 Å². The van der Waals surface area contributed by atoms with Gasteiger partial charge in [-0.15, -0.1) is 0 Å². The lowest BCUT2D eigenvalue weighted by molar-refractivity contribution is -0.122. The molecule has 21 heteroatoms. The topological polar surface area (TPSA) is 203 Å². The molecule has 582 valence electrons. The van der Waals surface area contributed by atoms with E-state index in [-0.39, 0.29) is 63.1 Å². The largest absolute Gasteiger partial charge is 0.356 e. The van der Waals surface area contributed by atoms with Crippen molar-refractivity contribution < 1.29 is 27.6 Å². The fourth-order valence-electron chi connectivity index (χ4n) is 12.8. The Bertz CT molecular complexity index is 2440. The molecule has 0 spiro atoms. The van der Waals surface area contributed by atoms with Crippen LogP contribution in [0.4, 0.5) is 0 Å². The number of imidazole rings is 1. The Morgan fingerprint density at radius 1 is 0.444 bits per heavy atom. The van der Waals surface area contributed by atoms with Crippen molar-refractivity contribution >= 4 is 33.7 Å². The second-order valence-corrected chi connectivity index (χ2v) is 38.2. The van der Waals surface area contributed by atoms with E-state index in [1.54, 1.807) is 13.8 Å². The van der Waals surface area contributed by atoms with Crippen LogP contribution in [-0.4, -0.2) is 246 Å². The predicted octanol–water partition coefficient (Wildman–Crippen LogP) is 11.6. The smallest absolute Gasteiger partial charge is 0.219 e. The van der Waals surface area contributed by atoms with Crippen LogP contribution in [0.5, 0.6) is 0 Å². The molecule has 7 rings (SSSR count). The molecule has 5 N–H and O–H groups in total. The first-order valence-corrected chi connectivity index (χ1v) is 40.3. The normalized spacial score (nSPS) is 19.8. The maximum Gasteiger partial charge on any atom is 0.219 e. The summed E-state index contributed by atoms with van der Waals surface area (Å²) in [7, 11) is -0.838. The van der Waals surface area contributed by atoms with Gasteiger partial charge in [0.2, 0.25) is 33.7 Å². The van der Waals surface area contributed by atoms with Gasteiger partial charge in [-0.2, -0.15) is 0 Å². The van der Waals surface area contributed by atoms with Crippen molar-refractivity contribution in [3.8, 4) is 0 Å². The summed E-state index contributed by atoms with van der Waals surface area (Å²) < 4.78 is 27.7. The number of nitrogens with one attached hydrogen (secondary N) is 5.